The van der Waals surface area contributed by atoms with E-state index < -0.39 is 6.10 Å². The number of aromatic nitrogens is 4. The van der Waals surface area contributed by atoms with Gasteiger partial charge in [-0.3, -0.25) is 0 Å². The number of aliphatic hydroxyl groups is 1. The molecule has 1 saturated carbocycles. The first-order valence-corrected chi connectivity index (χ1v) is 13.2. The monoisotopic (exact) mass is 514 g/mol. The summed E-state index contributed by atoms with van der Waals surface area (Å²) in [5.74, 6) is 1.89. The summed E-state index contributed by atoms with van der Waals surface area (Å²) in [6.07, 6.45) is 4.03. The van der Waals surface area contributed by atoms with E-state index in [-0.39, 0.29) is 11.9 Å². The summed E-state index contributed by atoms with van der Waals surface area (Å²) < 4.78 is 2.14. The van der Waals surface area contributed by atoms with Gasteiger partial charge in [-0.1, -0.05) is 73.8 Å². The lowest BCUT2D eigenvalue weighted by molar-refractivity contribution is 0.171. The first-order valence-electron chi connectivity index (χ1n) is 12.9. The molecule has 2 atom stereocenters. The first-order chi connectivity index (χ1) is 17.9. The number of benzene rings is 2. The number of halogens is 1. The summed E-state index contributed by atoms with van der Waals surface area (Å²) >= 11 is 6.33. The number of aliphatic hydroxyl groups excluding tert-OH is 1. The zero-order chi connectivity index (χ0) is 25.9. The van der Waals surface area contributed by atoms with Gasteiger partial charge in [0.05, 0.1) is 12.1 Å². The lowest BCUT2D eigenvalue weighted by Gasteiger charge is -2.28. The third-order valence-electron chi connectivity index (χ3n) is 7.30. The number of nitriles is 1. The molecule has 0 bridgehead atoms. The van der Waals surface area contributed by atoms with Gasteiger partial charge in [0.1, 0.15) is 17.3 Å². The first kappa shape index (κ1) is 25.2. The molecule has 8 heteroatoms. The third-order valence-corrected chi connectivity index (χ3v) is 7.54. The van der Waals surface area contributed by atoms with Crippen molar-refractivity contribution in [2.75, 3.05) is 5.32 Å². The zero-order valence-corrected chi connectivity index (χ0v) is 21.9. The second kappa shape index (κ2) is 10.9. The van der Waals surface area contributed by atoms with Crippen LogP contribution in [0.1, 0.15) is 57.0 Å². The van der Waals surface area contributed by atoms with Gasteiger partial charge in [-0.2, -0.15) is 15.2 Å². The van der Waals surface area contributed by atoms with Gasteiger partial charge >= 0.3 is 0 Å². The van der Waals surface area contributed by atoms with Gasteiger partial charge in [-0.15, -0.1) is 0 Å². The van der Waals surface area contributed by atoms with E-state index in [0.29, 0.717) is 28.2 Å². The summed E-state index contributed by atoms with van der Waals surface area (Å²) in [5.41, 5.74) is 3.60. The molecule has 0 saturated heterocycles. The fraction of sp³-hybridized carbons (Fsp3) is 0.379. The average molecular weight is 515 g/mol. The van der Waals surface area contributed by atoms with Crippen LogP contribution in [0, 0.1) is 23.2 Å². The maximum absolute atomic E-state index is 10.7. The van der Waals surface area contributed by atoms with Crippen molar-refractivity contribution in [3.8, 4) is 17.3 Å². The van der Waals surface area contributed by atoms with Gasteiger partial charge in [-0.25, -0.2) is 4.98 Å². The molecule has 2 aromatic carbocycles. The number of anilines is 1. The van der Waals surface area contributed by atoms with Crippen LogP contribution in [0.5, 0.6) is 0 Å². The Bertz CT molecular complexity index is 1420. The lowest BCUT2D eigenvalue weighted by Crippen LogP contribution is -2.26. The minimum atomic E-state index is -0.667. The van der Waals surface area contributed by atoms with E-state index in [1.165, 1.54) is 12.8 Å². The minimum absolute atomic E-state index is 0.0558. The van der Waals surface area contributed by atoms with E-state index in [1.807, 2.05) is 54.6 Å². The molecule has 1 fully saturated rings. The second-order valence-electron chi connectivity index (χ2n) is 10.1. The molecule has 0 aliphatic heterocycles. The number of hydrogen-bond donors (Lipinski definition) is 2. The maximum Gasteiger partial charge on any atom is 0.234 e. The zero-order valence-electron chi connectivity index (χ0n) is 21.1. The van der Waals surface area contributed by atoms with Gasteiger partial charge in [-0.05, 0) is 49.3 Å². The molecule has 1 aliphatic carbocycles. The molecule has 0 unspecified atom stereocenters. The second-order valence-corrected chi connectivity index (χ2v) is 10.6. The smallest absolute Gasteiger partial charge is 0.234 e. The van der Waals surface area contributed by atoms with E-state index in [0.717, 1.165) is 41.9 Å². The SMILES string of the molecule is CC1CCC(Cn2c(N[C@H](c3ccccc3)[C@H](C)O)nc3nc(C#N)nc(-c4cccc(Cl)c4)c32)CC1. The Morgan fingerprint density at radius 3 is 2.51 bits per heavy atom. The predicted octanol–water partition coefficient (Wildman–Crippen LogP) is 6.38. The quantitative estimate of drug-likeness (QED) is 0.297. The Morgan fingerprint density at radius 2 is 1.84 bits per heavy atom. The van der Waals surface area contributed by atoms with E-state index in [2.05, 4.69) is 32.8 Å². The maximum atomic E-state index is 10.7. The normalized spacial score (nSPS) is 19.3. The molecule has 2 aromatic heterocycles. The lowest BCUT2D eigenvalue weighted by atomic mass is 9.83. The molecule has 7 nitrogen and oxygen atoms in total. The molecule has 4 aromatic rings. The van der Waals surface area contributed by atoms with Crippen molar-refractivity contribution in [1.29, 1.82) is 5.26 Å². The van der Waals surface area contributed by atoms with Crippen LogP contribution >= 0.6 is 11.6 Å². The number of nitrogens with one attached hydrogen (secondary N) is 1. The Hall–Kier alpha value is -3.47. The molecule has 2 N–H and O–H groups in total. The summed E-state index contributed by atoms with van der Waals surface area (Å²) in [6.45, 7) is 4.83. The van der Waals surface area contributed by atoms with Crippen LogP contribution in [-0.2, 0) is 6.54 Å². The topological polar surface area (TPSA) is 99.6 Å². The molecule has 0 spiro atoms. The highest BCUT2D eigenvalue weighted by Crippen LogP contribution is 2.35. The minimum Gasteiger partial charge on any atom is -0.391 e. The number of imidazole rings is 1. The van der Waals surface area contributed by atoms with Gasteiger partial charge in [0.2, 0.25) is 11.8 Å². The highest BCUT2D eigenvalue weighted by atomic mass is 35.5. The van der Waals surface area contributed by atoms with Crippen molar-refractivity contribution in [2.24, 2.45) is 11.8 Å². The van der Waals surface area contributed by atoms with E-state index >= 15 is 0 Å². The van der Waals surface area contributed by atoms with Crippen LogP contribution < -0.4 is 5.32 Å². The van der Waals surface area contributed by atoms with Crippen molar-refractivity contribution in [3.63, 3.8) is 0 Å². The molecule has 0 amide bonds. The standard InChI is InChI=1S/C29H31ClN6O/c1-18-11-13-20(14-12-18)17-36-27-26(22-9-6-10-23(30)15-22)32-24(16-31)33-28(27)35-29(36)34-25(19(2)37)21-7-4-3-5-8-21/h3-10,15,18-20,25,37H,11-14,17H2,1-2H3,(H,32,33,34,35)/t18?,19-,20?,25-/m0/s1. The van der Waals surface area contributed by atoms with Crippen molar-refractivity contribution in [1.82, 2.24) is 19.5 Å². The Labute approximate surface area is 222 Å². The highest BCUT2D eigenvalue weighted by Gasteiger charge is 2.27. The van der Waals surface area contributed by atoms with Crippen molar-refractivity contribution < 1.29 is 5.11 Å². The summed E-state index contributed by atoms with van der Waals surface area (Å²) in [5, 5.41) is 24.5. The fourth-order valence-electron chi connectivity index (χ4n) is 5.26. The van der Waals surface area contributed by atoms with E-state index in [1.54, 1.807) is 6.92 Å². The van der Waals surface area contributed by atoms with Gasteiger partial charge in [0.25, 0.3) is 0 Å². The Balaban J connectivity index is 1.67. The van der Waals surface area contributed by atoms with Crippen LogP contribution in [0.4, 0.5) is 5.95 Å². The predicted molar refractivity (Wildman–Crippen MR) is 146 cm³/mol. The molecule has 2 heterocycles. The molecular weight excluding hydrogens is 484 g/mol. The van der Waals surface area contributed by atoms with E-state index in [4.69, 9.17) is 16.6 Å². The van der Waals surface area contributed by atoms with Crippen molar-refractivity contribution in [2.45, 2.75) is 58.2 Å². The third kappa shape index (κ3) is 5.46. The van der Waals surface area contributed by atoms with Crippen LogP contribution in [0.2, 0.25) is 5.02 Å². The summed E-state index contributed by atoms with van der Waals surface area (Å²) in [6, 6.07) is 19.0. The Morgan fingerprint density at radius 1 is 1.08 bits per heavy atom. The molecule has 1 aliphatic rings. The average Bonchev–Trinajstić information content (AvgIpc) is 3.25. The van der Waals surface area contributed by atoms with Crippen molar-refractivity contribution in [3.05, 3.63) is 71.0 Å². The molecule has 190 valence electrons. The molecule has 37 heavy (non-hydrogen) atoms. The highest BCUT2D eigenvalue weighted by molar-refractivity contribution is 6.30. The number of rotatable bonds is 7. The summed E-state index contributed by atoms with van der Waals surface area (Å²) in [7, 11) is 0. The number of hydrogen-bond acceptors (Lipinski definition) is 6. The van der Waals surface area contributed by atoms with Gasteiger partial charge in [0.15, 0.2) is 5.65 Å². The van der Waals surface area contributed by atoms with Gasteiger partial charge in [0, 0.05) is 17.1 Å². The van der Waals surface area contributed by atoms with Crippen LogP contribution in [-0.4, -0.2) is 30.7 Å². The van der Waals surface area contributed by atoms with E-state index in [9.17, 15) is 10.4 Å². The Kier molecular flexibility index (Phi) is 7.40. The number of nitrogens with zero attached hydrogens (tertiary/aromatic N) is 5. The van der Waals surface area contributed by atoms with Crippen LogP contribution in [0.3, 0.4) is 0 Å². The number of fused-ring (bicyclic) bond motifs is 1. The molecular formula is C29H31ClN6O. The fourth-order valence-corrected chi connectivity index (χ4v) is 5.45. The van der Waals surface area contributed by atoms with Crippen molar-refractivity contribution >= 4 is 28.7 Å². The largest absolute Gasteiger partial charge is 0.391 e. The molecule has 0 radical (unpaired) electrons. The molecule has 5 rings (SSSR count). The van der Waals surface area contributed by atoms with Crippen LogP contribution in [0.15, 0.2) is 54.6 Å². The van der Waals surface area contributed by atoms with Crippen LogP contribution in [0.25, 0.3) is 22.4 Å². The summed E-state index contributed by atoms with van der Waals surface area (Å²) in [4.78, 5) is 14.0. The van der Waals surface area contributed by atoms with Gasteiger partial charge < -0.3 is 15.0 Å².